The largest absolute Gasteiger partial charge is 0.481 e. The Morgan fingerprint density at radius 3 is 2.69 bits per heavy atom. The molecule has 2 aliphatic rings. The van der Waals surface area contributed by atoms with Gasteiger partial charge in [0.1, 0.15) is 0 Å². The van der Waals surface area contributed by atoms with E-state index in [9.17, 15) is 9.59 Å². The van der Waals surface area contributed by atoms with Crippen LogP contribution >= 0.6 is 0 Å². The summed E-state index contributed by atoms with van der Waals surface area (Å²) in [4.78, 5) is 24.2. The Morgan fingerprint density at radius 2 is 2.12 bits per heavy atom. The third-order valence-corrected chi connectivity index (χ3v) is 3.38. The molecule has 2 heterocycles. The monoisotopic (exact) mass is 226 g/mol. The fourth-order valence-corrected chi connectivity index (χ4v) is 2.45. The van der Waals surface area contributed by atoms with Gasteiger partial charge in [0.15, 0.2) is 0 Å². The molecule has 0 bridgehead atoms. The molecule has 2 rings (SSSR count). The van der Waals surface area contributed by atoms with Crippen LogP contribution in [0.4, 0.5) is 0 Å². The molecule has 1 amide bonds. The molecule has 90 valence electrons. The predicted molar refractivity (Wildman–Crippen MR) is 57.9 cm³/mol. The van der Waals surface area contributed by atoms with E-state index in [0.717, 1.165) is 25.9 Å². The topological polar surface area (TPSA) is 69.6 Å². The van der Waals surface area contributed by atoms with Crippen molar-refractivity contribution in [2.45, 2.75) is 19.3 Å². The van der Waals surface area contributed by atoms with Gasteiger partial charge in [-0.2, -0.15) is 0 Å². The standard InChI is InChI=1S/C11H18N2O3/c14-10(15)4-8-6-13(7-8)11(16)9-2-1-3-12-5-9/h8-9,12H,1-7H2,(H,14,15)/t9-/m1/s1. The van der Waals surface area contributed by atoms with Crippen molar-refractivity contribution in [3.8, 4) is 0 Å². The number of aliphatic carboxylic acids is 1. The average molecular weight is 226 g/mol. The highest BCUT2D eigenvalue weighted by Crippen LogP contribution is 2.23. The van der Waals surface area contributed by atoms with Crippen LogP contribution in [0.2, 0.25) is 0 Å². The van der Waals surface area contributed by atoms with Crippen LogP contribution in [-0.2, 0) is 9.59 Å². The van der Waals surface area contributed by atoms with Gasteiger partial charge in [-0.15, -0.1) is 0 Å². The van der Waals surface area contributed by atoms with Crippen molar-refractivity contribution in [3.05, 3.63) is 0 Å². The minimum Gasteiger partial charge on any atom is -0.481 e. The molecule has 2 aliphatic heterocycles. The van der Waals surface area contributed by atoms with Gasteiger partial charge in [-0.05, 0) is 19.4 Å². The van der Waals surface area contributed by atoms with Gasteiger partial charge >= 0.3 is 5.97 Å². The number of hydrogen-bond acceptors (Lipinski definition) is 3. The summed E-state index contributed by atoms with van der Waals surface area (Å²) in [5, 5.41) is 11.8. The van der Waals surface area contributed by atoms with Crippen LogP contribution in [-0.4, -0.2) is 48.1 Å². The van der Waals surface area contributed by atoms with E-state index in [1.165, 1.54) is 0 Å². The summed E-state index contributed by atoms with van der Waals surface area (Å²) in [6, 6.07) is 0. The molecule has 0 aliphatic carbocycles. The number of carboxylic acid groups (broad SMARTS) is 1. The van der Waals surface area contributed by atoms with Crippen molar-refractivity contribution in [2.24, 2.45) is 11.8 Å². The fraction of sp³-hybridized carbons (Fsp3) is 0.818. The number of carbonyl (C=O) groups is 2. The van der Waals surface area contributed by atoms with Crippen molar-refractivity contribution in [3.63, 3.8) is 0 Å². The molecule has 0 aromatic heterocycles. The number of rotatable bonds is 3. The highest BCUT2D eigenvalue weighted by Gasteiger charge is 2.35. The molecule has 0 aromatic rings. The van der Waals surface area contributed by atoms with Gasteiger partial charge in [0.25, 0.3) is 0 Å². The Balaban J connectivity index is 1.74. The van der Waals surface area contributed by atoms with Gasteiger partial charge in [0.05, 0.1) is 12.3 Å². The van der Waals surface area contributed by atoms with Crippen molar-refractivity contribution in [1.29, 1.82) is 0 Å². The quantitative estimate of drug-likeness (QED) is 0.706. The summed E-state index contributed by atoms with van der Waals surface area (Å²) >= 11 is 0. The number of likely N-dealkylation sites (tertiary alicyclic amines) is 1. The maximum absolute atomic E-state index is 12.0. The van der Waals surface area contributed by atoms with E-state index >= 15 is 0 Å². The first-order valence-corrected chi connectivity index (χ1v) is 5.88. The molecule has 0 saturated carbocycles. The molecule has 2 fully saturated rings. The second-order valence-electron chi connectivity index (χ2n) is 4.75. The van der Waals surface area contributed by atoms with Crippen LogP contribution in [0.3, 0.4) is 0 Å². The maximum Gasteiger partial charge on any atom is 0.303 e. The molecule has 2 N–H and O–H groups in total. The lowest BCUT2D eigenvalue weighted by Gasteiger charge is -2.41. The van der Waals surface area contributed by atoms with E-state index in [1.807, 2.05) is 0 Å². The first-order valence-electron chi connectivity index (χ1n) is 5.88. The molecule has 2 saturated heterocycles. The second kappa shape index (κ2) is 4.82. The molecule has 5 nitrogen and oxygen atoms in total. The van der Waals surface area contributed by atoms with Gasteiger partial charge in [0.2, 0.25) is 5.91 Å². The molecular formula is C11H18N2O3. The first-order chi connectivity index (χ1) is 7.66. The Kier molecular flexibility index (Phi) is 3.43. The van der Waals surface area contributed by atoms with Gasteiger partial charge in [-0.1, -0.05) is 0 Å². The van der Waals surface area contributed by atoms with E-state index < -0.39 is 5.97 Å². The number of hydrogen-bond donors (Lipinski definition) is 2. The van der Waals surface area contributed by atoms with Crippen LogP contribution in [0.5, 0.6) is 0 Å². The summed E-state index contributed by atoms with van der Waals surface area (Å²) < 4.78 is 0. The SMILES string of the molecule is O=C(O)CC1CN(C(=O)[C@@H]2CCCNC2)C1. The molecule has 0 spiro atoms. The zero-order chi connectivity index (χ0) is 11.5. The maximum atomic E-state index is 12.0. The normalized spacial score (nSPS) is 26.2. The van der Waals surface area contributed by atoms with Gasteiger partial charge in [0, 0.05) is 25.6 Å². The van der Waals surface area contributed by atoms with Gasteiger partial charge in [-0.25, -0.2) is 0 Å². The Labute approximate surface area is 94.8 Å². The molecule has 0 unspecified atom stereocenters. The van der Waals surface area contributed by atoms with Crippen molar-refractivity contribution < 1.29 is 14.7 Å². The minimum absolute atomic E-state index is 0.111. The lowest BCUT2D eigenvalue weighted by molar-refractivity contribution is -0.147. The molecular weight excluding hydrogens is 208 g/mol. The Morgan fingerprint density at radius 1 is 1.38 bits per heavy atom. The molecule has 5 heteroatoms. The third-order valence-electron chi connectivity index (χ3n) is 3.38. The Hall–Kier alpha value is -1.10. The third kappa shape index (κ3) is 2.52. The van der Waals surface area contributed by atoms with Crippen molar-refractivity contribution >= 4 is 11.9 Å². The predicted octanol–water partition coefficient (Wildman–Crippen LogP) is -0.0809. The van der Waals surface area contributed by atoms with E-state index in [0.29, 0.717) is 13.1 Å². The van der Waals surface area contributed by atoms with Crippen molar-refractivity contribution in [1.82, 2.24) is 10.2 Å². The van der Waals surface area contributed by atoms with Crippen LogP contribution in [0.1, 0.15) is 19.3 Å². The lowest BCUT2D eigenvalue weighted by Crippen LogP contribution is -2.54. The summed E-state index contributed by atoms with van der Waals surface area (Å²) in [7, 11) is 0. The van der Waals surface area contributed by atoms with E-state index in [1.54, 1.807) is 4.90 Å². The molecule has 1 atom stereocenters. The zero-order valence-corrected chi connectivity index (χ0v) is 9.32. The van der Waals surface area contributed by atoms with E-state index in [4.69, 9.17) is 5.11 Å². The summed E-state index contributed by atoms with van der Waals surface area (Å²) in [6.07, 6.45) is 2.21. The zero-order valence-electron chi connectivity index (χ0n) is 9.32. The molecule has 16 heavy (non-hydrogen) atoms. The molecule has 0 aromatic carbocycles. The number of piperidine rings is 1. The Bertz CT molecular complexity index is 281. The highest BCUT2D eigenvalue weighted by atomic mass is 16.4. The molecule has 0 radical (unpaired) electrons. The summed E-state index contributed by atoms with van der Waals surface area (Å²) in [5.74, 6) is -0.289. The van der Waals surface area contributed by atoms with E-state index in [2.05, 4.69) is 5.32 Å². The highest BCUT2D eigenvalue weighted by molar-refractivity contribution is 5.80. The van der Waals surface area contributed by atoms with E-state index in [-0.39, 0.29) is 24.2 Å². The van der Waals surface area contributed by atoms with Crippen LogP contribution in [0.15, 0.2) is 0 Å². The van der Waals surface area contributed by atoms with Gasteiger partial charge in [-0.3, -0.25) is 9.59 Å². The first kappa shape index (κ1) is 11.4. The average Bonchev–Trinajstić information content (AvgIpc) is 2.23. The summed E-state index contributed by atoms with van der Waals surface area (Å²) in [5.41, 5.74) is 0. The van der Waals surface area contributed by atoms with Crippen LogP contribution in [0, 0.1) is 11.8 Å². The number of nitrogens with one attached hydrogen (secondary N) is 1. The number of amides is 1. The summed E-state index contributed by atoms with van der Waals surface area (Å²) in [6.45, 7) is 3.04. The second-order valence-corrected chi connectivity index (χ2v) is 4.75. The number of carboxylic acids is 1. The number of carbonyl (C=O) groups excluding carboxylic acids is 1. The lowest BCUT2D eigenvalue weighted by atomic mass is 9.91. The van der Waals surface area contributed by atoms with Crippen molar-refractivity contribution in [2.75, 3.05) is 26.2 Å². The van der Waals surface area contributed by atoms with Gasteiger partial charge < -0.3 is 15.3 Å². The van der Waals surface area contributed by atoms with Crippen LogP contribution < -0.4 is 5.32 Å². The smallest absolute Gasteiger partial charge is 0.303 e. The number of nitrogens with zero attached hydrogens (tertiary/aromatic N) is 1. The fourth-order valence-electron chi connectivity index (χ4n) is 2.45. The minimum atomic E-state index is -0.767. The van der Waals surface area contributed by atoms with Crippen LogP contribution in [0.25, 0.3) is 0 Å².